The minimum absolute atomic E-state index is 0.280. The van der Waals surface area contributed by atoms with Crippen LogP contribution in [-0.4, -0.2) is 23.1 Å². The van der Waals surface area contributed by atoms with Gasteiger partial charge >= 0.3 is 0 Å². The number of rotatable bonds is 5. The van der Waals surface area contributed by atoms with Crippen LogP contribution in [0.5, 0.6) is 0 Å². The van der Waals surface area contributed by atoms with Gasteiger partial charge in [0.15, 0.2) is 0 Å². The molecule has 2 aliphatic carbocycles. The van der Waals surface area contributed by atoms with Crippen molar-refractivity contribution in [2.75, 3.05) is 6.54 Å². The van der Waals surface area contributed by atoms with Crippen LogP contribution in [0.2, 0.25) is 0 Å². The zero-order chi connectivity index (χ0) is 11.6. The molecule has 92 valence electrons. The molecule has 0 aromatic carbocycles. The first-order valence-electron chi connectivity index (χ1n) is 6.29. The lowest BCUT2D eigenvalue weighted by Gasteiger charge is -2.28. The molecule has 2 saturated carbocycles. The summed E-state index contributed by atoms with van der Waals surface area (Å²) in [5.41, 5.74) is 6.20. The van der Waals surface area contributed by atoms with Crippen molar-refractivity contribution >= 4 is 5.84 Å². The summed E-state index contributed by atoms with van der Waals surface area (Å²) in [6.45, 7) is 3.33. The molecule has 0 amide bonds. The van der Waals surface area contributed by atoms with Crippen LogP contribution in [0.1, 0.15) is 51.9 Å². The van der Waals surface area contributed by atoms with E-state index < -0.39 is 0 Å². The van der Waals surface area contributed by atoms with Crippen molar-refractivity contribution in [1.82, 2.24) is 5.32 Å². The largest absolute Gasteiger partial charge is 0.409 e. The molecule has 4 nitrogen and oxygen atoms in total. The minimum atomic E-state index is 0.280. The maximum Gasteiger partial charge on any atom is 0.139 e. The van der Waals surface area contributed by atoms with Crippen LogP contribution in [0, 0.1) is 5.41 Å². The third-order valence-corrected chi connectivity index (χ3v) is 4.24. The topological polar surface area (TPSA) is 70.6 Å². The molecule has 0 aliphatic heterocycles. The van der Waals surface area contributed by atoms with Crippen LogP contribution in [0.4, 0.5) is 0 Å². The van der Waals surface area contributed by atoms with E-state index in [-0.39, 0.29) is 5.41 Å². The third kappa shape index (κ3) is 2.67. The standard InChI is InChI=1S/C12H23N3O/c1-11(4-2-3-5-11)14-9-12(6-7-12)8-10(13)15-16/h14,16H,2-9H2,1H3,(H2,13,15). The molecule has 4 N–H and O–H groups in total. The predicted octanol–water partition coefficient (Wildman–Crippen LogP) is 1.83. The zero-order valence-electron chi connectivity index (χ0n) is 10.1. The number of nitrogens with two attached hydrogens (primary N) is 1. The van der Waals surface area contributed by atoms with Crippen LogP contribution >= 0.6 is 0 Å². The molecule has 0 radical (unpaired) electrons. The van der Waals surface area contributed by atoms with Gasteiger partial charge in [-0.1, -0.05) is 18.0 Å². The smallest absolute Gasteiger partial charge is 0.139 e. The second kappa shape index (κ2) is 4.24. The summed E-state index contributed by atoms with van der Waals surface area (Å²) >= 11 is 0. The molecule has 2 rings (SSSR count). The first-order chi connectivity index (χ1) is 7.58. The third-order valence-electron chi connectivity index (χ3n) is 4.24. The summed E-state index contributed by atoms with van der Waals surface area (Å²) in [6.07, 6.45) is 8.39. The van der Waals surface area contributed by atoms with Gasteiger partial charge in [-0.05, 0) is 38.0 Å². The normalized spacial score (nSPS) is 26.9. The van der Waals surface area contributed by atoms with E-state index in [1.165, 1.54) is 38.5 Å². The fourth-order valence-electron chi connectivity index (χ4n) is 2.75. The van der Waals surface area contributed by atoms with Gasteiger partial charge < -0.3 is 16.3 Å². The fourth-order valence-corrected chi connectivity index (χ4v) is 2.75. The summed E-state index contributed by atoms with van der Waals surface area (Å²) in [4.78, 5) is 0. The molecule has 16 heavy (non-hydrogen) atoms. The van der Waals surface area contributed by atoms with Crippen LogP contribution in [-0.2, 0) is 0 Å². The summed E-state index contributed by atoms with van der Waals surface area (Å²) in [5.74, 6) is 0.371. The Morgan fingerprint density at radius 3 is 2.44 bits per heavy atom. The van der Waals surface area contributed by atoms with Crippen molar-refractivity contribution < 1.29 is 5.21 Å². The van der Waals surface area contributed by atoms with Gasteiger partial charge in [0.05, 0.1) is 0 Å². The predicted molar refractivity (Wildman–Crippen MR) is 64.6 cm³/mol. The second-order valence-corrected chi connectivity index (χ2v) is 5.89. The van der Waals surface area contributed by atoms with Crippen LogP contribution in [0.25, 0.3) is 0 Å². The molecule has 0 unspecified atom stereocenters. The molecule has 2 fully saturated rings. The van der Waals surface area contributed by atoms with E-state index in [0.717, 1.165) is 13.0 Å². The molecule has 0 saturated heterocycles. The van der Waals surface area contributed by atoms with Gasteiger partial charge in [0.1, 0.15) is 5.84 Å². The van der Waals surface area contributed by atoms with Gasteiger partial charge in [0.25, 0.3) is 0 Å². The molecule has 0 heterocycles. The summed E-state index contributed by atoms with van der Waals surface area (Å²) in [6, 6.07) is 0. The Morgan fingerprint density at radius 1 is 1.31 bits per heavy atom. The van der Waals surface area contributed by atoms with E-state index in [2.05, 4.69) is 17.4 Å². The van der Waals surface area contributed by atoms with E-state index in [4.69, 9.17) is 10.9 Å². The molecule has 0 atom stereocenters. The van der Waals surface area contributed by atoms with E-state index in [1.54, 1.807) is 0 Å². The van der Waals surface area contributed by atoms with E-state index >= 15 is 0 Å². The quantitative estimate of drug-likeness (QED) is 0.289. The molecule has 0 spiro atoms. The number of nitrogens with one attached hydrogen (secondary N) is 1. The lowest BCUT2D eigenvalue weighted by Crippen LogP contribution is -2.43. The summed E-state index contributed by atoms with van der Waals surface area (Å²) < 4.78 is 0. The second-order valence-electron chi connectivity index (χ2n) is 5.89. The van der Waals surface area contributed by atoms with Crippen molar-refractivity contribution in [3.8, 4) is 0 Å². The highest BCUT2D eigenvalue weighted by Gasteiger charge is 2.44. The number of amidine groups is 1. The maximum atomic E-state index is 8.60. The maximum absolute atomic E-state index is 8.60. The van der Waals surface area contributed by atoms with Crippen molar-refractivity contribution in [1.29, 1.82) is 0 Å². The molecule has 0 aromatic heterocycles. The van der Waals surface area contributed by atoms with Crippen molar-refractivity contribution in [2.24, 2.45) is 16.3 Å². The number of nitrogens with zero attached hydrogens (tertiary/aromatic N) is 1. The summed E-state index contributed by atoms with van der Waals surface area (Å²) in [5, 5.41) is 15.4. The highest BCUT2D eigenvalue weighted by molar-refractivity contribution is 5.80. The molecule has 0 bridgehead atoms. The number of hydrogen-bond donors (Lipinski definition) is 3. The molecule has 2 aliphatic rings. The highest BCUT2D eigenvalue weighted by Crippen LogP contribution is 2.48. The number of oxime groups is 1. The lowest BCUT2D eigenvalue weighted by molar-refractivity contribution is 0.306. The first-order valence-corrected chi connectivity index (χ1v) is 6.29. The molecule has 4 heteroatoms. The minimum Gasteiger partial charge on any atom is -0.409 e. The van der Waals surface area contributed by atoms with Gasteiger partial charge in [-0.15, -0.1) is 0 Å². The van der Waals surface area contributed by atoms with Gasteiger partial charge in [-0.3, -0.25) is 0 Å². The van der Waals surface area contributed by atoms with Crippen LogP contribution < -0.4 is 11.1 Å². The van der Waals surface area contributed by atoms with Crippen molar-refractivity contribution in [3.63, 3.8) is 0 Å². The van der Waals surface area contributed by atoms with Gasteiger partial charge in [-0.2, -0.15) is 0 Å². The fraction of sp³-hybridized carbons (Fsp3) is 0.917. The van der Waals surface area contributed by atoms with E-state index in [1.807, 2.05) is 0 Å². The van der Waals surface area contributed by atoms with E-state index in [0.29, 0.717) is 11.4 Å². The Hall–Kier alpha value is -0.770. The Balaban J connectivity index is 1.81. The highest BCUT2D eigenvalue weighted by atomic mass is 16.4. The van der Waals surface area contributed by atoms with E-state index in [9.17, 15) is 0 Å². The Kier molecular flexibility index (Phi) is 3.10. The monoisotopic (exact) mass is 225 g/mol. The lowest BCUT2D eigenvalue weighted by atomic mass is 9.96. The van der Waals surface area contributed by atoms with Crippen molar-refractivity contribution in [2.45, 2.75) is 57.4 Å². The average molecular weight is 225 g/mol. The van der Waals surface area contributed by atoms with Gasteiger partial charge in [-0.25, -0.2) is 0 Å². The van der Waals surface area contributed by atoms with Crippen molar-refractivity contribution in [3.05, 3.63) is 0 Å². The molecular formula is C12H23N3O. The Labute approximate surface area is 97.3 Å². The Bertz CT molecular complexity index is 278. The Morgan fingerprint density at radius 2 is 1.94 bits per heavy atom. The van der Waals surface area contributed by atoms with Gasteiger partial charge in [0.2, 0.25) is 0 Å². The van der Waals surface area contributed by atoms with Crippen LogP contribution in [0.15, 0.2) is 5.16 Å². The van der Waals surface area contributed by atoms with Crippen LogP contribution in [0.3, 0.4) is 0 Å². The molecule has 0 aromatic rings. The zero-order valence-corrected chi connectivity index (χ0v) is 10.1. The number of hydrogen-bond acceptors (Lipinski definition) is 3. The summed E-state index contributed by atoms with van der Waals surface area (Å²) in [7, 11) is 0. The SMILES string of the molecule is CC1(NCC2(CC(N)=NO)CC2)CCCC1. The average Bonchev–Trinajstić information content (AvgIpc) is 2.90. The molecular weight excluding hydrogens is 202 g/mol. The van der Waals surface area contributed by atoms with Gasteiger partial charge in [0, 0.05) is 18.5 Å². The first kappa shape index (κ1) is 11.7.